The molecule has 2 atom stereocenters. The van der Waals surface area contributed by atoms with Crippen LogP contribution in [0.2, 0.25) is 0 Å². The monoisotopic (exact) mass is 367 g/mol. The summed E-state index contributed by atoms with van der Waals surface area (Å²) in [6.07, 6.45) is 6.02. The van der Waals surface area contributed by atoms with Crippen LogP contribution in [-0.4, -0.2) is 35.2 Å². The summed E-state index contributed by atoms with van der Waals surface area (Å²) >= 11 is 0. The zero-order valence-electron chi connectivity index (χ0n) is 15.8. The van der Waals surface area contributed by atoms with Crippen LogP contribution in [0.5, 0.6) is 5.75 Å². The maximum Gasteiger partial charge on any atom is 0.358 e. The van der Waals surface area contributed by atoms with Gasteiger partial charge in [0, 0.05) is 5.56 Å². The molecule has 146 valence electrons. The molecule has 1 aromatic heterocycles. The van der Waals surface area contributed by atoms with Gasteiger partial charge in [-0.25, -0.2) is 9.59 Å². The van der Waals surface area contributed by atoms with E-state index in [0.717, 1.165) is 25.7 Å². The SMILES string of the molecule is CCCCC(CC)CC1COOc2c(C(=O)OCC)[nH]c(C(=O)O)c2C1. The Kier molecular flexibility index (Phi) is 7.50. The molecule has 2 unspecified atom stereocenters. The number of ether oxygens (including phenoxy) is 1. The summed E-state index contributed by atoms with van der Waals surface area (Å²) in [5, 5.41) is 9.51. The van der Waals surface area contributed by atoms with Crippen molar-refractivity contribution in [3.8, 4) is 5.75 Å². The van der Waals surface area contributed by atoms with E-state index < -0.39 is 11.9 Å². The lowest BCUT2D eigenvalue weighted by Crippen LogP contribution is -2.17. The maximum absolute atomic E-state index is 12.1. The molecule has 0 spiro atoms. The summed E-state index contributed by atoms with van der Waals surface area (Å²) in [5.41, 5.74) is 0.450. The van der Waals surface area contributed by atoms with Crippen molar-refractivity contribution >= 4 is 11.9 Å². The van der Waals surface area contributed by atoms with Gasteiger partial charge in [0.2, 0.25) is 5.75 Å². The van der Waals surface area contributed by atoms with Crippen molar-refractivity contribution in [3.63, 3.8) is 0 Å². The van der Waals surface area contributed by atoms with Crippen molar-refractivity contribution in [2.75, 3.05) is 13.2 Å². The van der Waals surface area contributed by atoms with Gasteiger partial charge in [0.1, 0.15) is 5.69 Å². The minimum Gasteiger partial charge on any atom is -0.477 e. The van der Waals surface area contributed by atoms with E-state index in [9.17, 15) is 14.7 Å². The van der Waals surface area contributed by atoms with Crippen LogP contribution in [0.1, 0.15) is 79.4 Å². The fraction of sp³-hybridized carbons (Fsp3) is 0.684. The standard InChI is InChI=1S/C19H29NO6/c1-4-7-8-12(5-2)9-13-10-14-15(18(21)22)20-16(19(23)24-6-3)17(14)26-25-11-13/h12-13,20H,4-11H2,1-3H3,(H,21,22). The zero-order chi connectivity index (χ0) is 19.1. The molecule has 0 saturated carbocycles. The van der Waals surface area contributed by atoms with E-state index in [0.29, 0.717) is 24.5 Å². The topological polar surface area (TPSA) is 97.9 Å². The molecule has 2 rings (SSSR count). The first kappa shape index (κ1) is 20.3. The van der Waals surface area contributed by atoms with Crippen LogP contribution in [0.3, 0.4) is 0 Å². The lowest BCUT2D eigenvalue weighted by molar-refractivity contribution is -0.213. The van der Waals surface area contributed by atoms with Crippen molar-refractivity contribution in [2.24, 2.45) is 11.8 Å². The first-order chi connectivity index (χ1) is 12.5. The molecule has 0 aliphatic carbocycles. The maximum atomic E-state index is 12.1. The van der Waals surface area contributed by atoms with Crippen LogP contribution in [0.4, 0.5) is 0 Å². The molecule has 2 N–H and O–H groups in total. The molecule has 2 heterocycles. The minimum atomic E-state index is -1.13. The van der Waals surface area contributed by atoms with Gasteiger partial charge in [-0.3, -0.25) is 0 Å². The summed E-state index contributed by atoms with van der Waals surface area (Å²) in [6, 6.07) is 0. The van der Waals surface area contributed by atoms with Crippen molar-refractivity contribution in [1.82, 2.24) is 4.98 Å². The Morgan fingerprint density at radius 3 is 2.69 bits per heavy atom. The van der Waals surface area contributed by atoms with Crippen LogP contribution in [0.25, 0.3) is 0 Å². The van der Waals surface area contributed by atoms with Crippen LogP contribution in [0, 0.1) is 11.8 Å². The number of nitrogens with one attached hydrogen (secondary N) is 1. The number of carboxylic acid groups (broad SMARTS) is 1. The molecule has 0 saturated heterocycles. The summed E-state index contributed by atoms with van der Waals surface area (Å²) in [4.78, 5) is 37.0. The first-order valence-corrected chi connectivity index (χ1v) is 9.46. The largest absolute Gasteiger partial charge is 0.477 e. The average Bonchev–Trinajstić information content (AvgIpc) is 2.84. The highest BCUT2D eigenvalue weighted by Gasteiger charge is 2.33. The molecule has 1 aliphatic rings. The van der Waals surface area contributed by atoms with Crippen molar-refractivity contribution in [1.29, 1.82) is 0 Å². The Balaban J connectivity index is 2.24. The first-order valence-electron chi connectivity index (χ1n) is 9.46. The van der Waals surface area contributed by atoms with Gasteiger partial charge in [-0.2, -0.15) is 4.89 Å². The number of aromatic nitrogens is 1. The smallest absolute Gasteiger partial charge is 0.358 e. The van der Waals surface area contributed by atoms with Gasteiger partial charge in [-0.1, -0.05) is 39.5 Å². The quantitative estimate of drug-likeness (QED) is 0.506. The lowest BCUT2D eigenvalue weighted by Gasteiger charge is -2.20. The van der Waals surface area contributed by atoms with Gasteiger partial charge in [-0.15, -0.1) is 0 Å². The van der Waals surface area contributed by atoms with Crippen LogP contribution in [-0.2, 0) is 16.0 Å². The lowest BCUT2D eigenvalue weighted by atomic mass is 9.85. The highest BCUT2D eigenvalue weighted by Crippen LogP contribution is 2.35. The molecule has 0 aromatic carbocycles. The molecule has 26 heavy (non-hydrogen) atoms. The second kappa shape index (κ2) is 9.62. The number of aromatic carboxylic acids is 1. The number of aromatic amines is 1. The van der Waals surface area contributed by atoms with E-state index in [1.807, 2.05) is 0 Å². The summed E-state index contributed by atoms with van der Waals surface area (Å²) in [7, 11) is 0. The molecule has 1 aromatic rings. The third-order valence-corrected chi connectivity index (χ3v) is 4.90. The van der Waals surface area contributed by atoms with Crippen molar-refractivity contribution in [3.05, 3.63) is 17.0 Å². The van der Waals surface area contributed by atoms with E-state index in [2.05, 4.69) is 18.8 Å². The van der Waals surface area contributed by atoms with Gasteiger partial charge in [0.15, 0.2) is 5.69 Å². The molecule has 0 amide bonds. The minimum absolute atomic E-state index is 0.00192. The summed E-state index contributed by atoms with van der Waals surface area (Å²) < 4.78 is 4.98. The van der Waals surface area contributed by atoms with E-state index >= 15 is 0 Å². The molecule has 0 bridgehead atoms. The Hall–Kier alpha value is -2.02. The Bertz CT molecular complexity index is 624. The number of carbonyl (C=O) groups excluding carboxylic acids is 1. The number of unbranched alkanes of at least 4 members (excludes halogenated alkanes) is 1. The van der Waals surface area contributed by atoms with E-state index in [-0.39, 0.29) is 29.7 Å². The number of fused-ring (bicyclic) bond motifs is 1. The van der Waals surface area contributed by atoms with Gasteiger partial charge in [0.05, 0.1) is 13.2 Å². The predicted octanol–water partition coefficient (Wildman–Crippen LogP) is 3.98. The van der Waals surface area contributed by atoms with Gasteiger partial charge in [0.25, 0.3) is 0 Å². The number of hydrogen-bond donors (Lipinski definition) is 2. The number of rotatable bonds is 9. The molecule has 0 fully saturated rings. The van der Waals surface area contributed by atoms with Gasteiger partial charge in [-0.05, 0) is 31.6 Å². The molecule has 0 radical (unpaired) electrons. The molecular formula is C19H29NO6. The number of carboxylic acids is 1. The second-order valence-electron chi connectivity index (χ2n) is 6.80. The third kappa shape index (κ3) is 4.78. The van der Waals surface area contributed by atoms with Gasteiger partial charge < -0.3 is 19.7 Å². The number of hydrogen-bond acceptors (Lipinski definition) is 5. The molecule has 7 nitrogen and oxygen atoms in total. The number of H-pyrrole nitrogens is 1. The Labute approximate surface area is 153 Å². The summed E-state index contributed by atoms with van der Waals surface area (Å²) in [5.74, 6) is -0.916. The zero-order valence-corrected chi connectivity index (χ0v) is 15.8. The molecular weight excluding hydrogens is 338 g/mol. The van der Waals surface area contributed by atoms with Crippen LogP contribution < -0.4 is 4.89 Å². The Morgan fingerprint density at radius 2 is 2.08 bits per heavy atom. The fourth-order valence-electron chi connectivity index (χ4n) is 3.48. The number of esters is 1. The predicted molar refractivity (Wildman–Crippen MR) is 95.4 cm³/mol. The van der Waals surface area contributed by atoms with E-state index in [4.69, 9.17) is 14.5 Å². The normalized spacial score (nSPS) is 17.7. The van der Waals surface area contributed by atoms with Crippen LogP contribution in [0.15, 0.2) is 0 Å². The summed E-state index contributed by atoms with van der Waals surface area (Å²) in [6.45, 7) is 6.61. The Morgan fingerprint density at radius 1 is 1.31 bits per heavy atom. The number of carbonyl (C=O) groups is 2. The third-order valence-electron chi connectivity index (χ3n) is 4.90. The fourth-order valence-corrected chi connectivity index (χ4v) is 3.48. The van der Waals surface area contributed by atoms with E-state index in [1.54, 1.807) is 6.92 Å². The van der Waals surface area contributed by atoms with Gasteiger partial charge >= 0.3 is 11.9 Å². The van der Waals surface area contributed by atoms with Crippen molar-refractivity contribution < 1.29 is 29.2 Å². The van der Waals surface area contributed by atoms with Crippen LogP contribution >= 0.6 is 0 Å². The second-order valence-corrected chi connectivity index (χ2v) is 6.80. The average molecular weight is 367 g/mol. The molecule has 1 aliphatic heterocycles. The highest BCUT2D eigenvalue weighted by molar-refractivity contribution is 5.96. The van der Waals surface area contributed by atoms with E-state index in [1.165, 1.54) is 6.42 Å². The van der Waals surface area contributed by atoms with Crippen molar-refractivity contribution in [2.45, 2.75) is 59.3 Å². The molecule has 7 heteroatoms. The highest BCUT2D eigenvalue weighted by atomic mass is 17.2.